The Hall–Kier alpha value is -0.980. The quantitative estimate of drug-likeness (QED) is 0.808. The molecule has 2 heterocycles. The third-order valence-electron chi connectivity index (χ3n) is 3.46. The van der Waals surface area contributed by atoms with Crippen molar-refractivity contribution in [1.82, 2.24) is 15.2 Å². The second-order valence-electron chi connectivity index (χ2n) is 4.87. The second-order valence-corrected chi connectivity index (χ2v) is 5.76. The number of hydrogen-bond acceptors (Lipinski definition) is 6. The van der Waals surface area contributed by atoms with E-state index in [4.69, 9.17) is 4.74 Å². The molecule has 1 aromatic heterocycles. The van der Waals surface area contributed by atoms with Crippen LogP contribution in [-0.2, 0) is 16.0 Å². The highest BCUT2D eigenvalue weighted by atomic mass is 32.1. The molecule has 0 radical (unpaired) electrons. The van der Waals surface area contributed by atoms with Gasteiger partial charge in [-0.25, -0.2) is 4.98 Å². The van der Waals surface area contributed by atoms with Gasteiger partial charge in [0.15, 0.2) is 0 Å². The van der Waals surface area contributed by atoms with Gasteiger partial charge in [0.2, 0.25) is 0 Å². The smallest absolute Gasteiger partial charge is 0.311 e. The summed E-state index contributed by atoms with van der Waals surface area (Å²) in [5.74, 6) is -0.195. The number of hydrogen-bond donors (Lipinski definition) is 1. The molecule has 0 spiro atoms. The van der Waals surface area contributed by atoms with Crippen molar-refractivity contribution in [1.29, 1.82) is 0 Å². The number of aromatic nitrogens is 1. The van der Waals surface area contributed by atoms with Crippen molar-refractivity contribution >= 4 is 17.3 Å². The summed E-state index contributed by atoms with van der Waals surface area (Å²) in [6, 6.07) is 0.373. The Morgan fingerprint density at radius 1 is 1.50 bits per heavy atom. The highest BCUT2D eigenvalue weighted by molar-refractivity contribution is 7.09. The molecule has 1 aliphatic rings. The van der Waals surface area contributed by atoms with Crippen molar-refractivity contribution in [3.63, 3.8) is 0 Å². The zero-order valence-electron chi connectivity index (χ0n) is 12.2. The van der Waals surface area contributed by atoms with E-state index in [0.717, 1.165) is 43.3 Å². The molecule has 1 aliphatic heterocycles. The Morgan fingerprint density at radius 3 is 2.90 bits per heavy atom. The number of nitrogens with one attached hydrogen (secondary N) is 1. The molecule has 1 unspecified atom stereocenters. The SMILES string of the molecule is CCOC(=O)Cc1csc(C(CC)N2CCNCC2)n1. The van der Waals surface area contributed by atoms with Crippen LogP contribution in [0, 0.1) is 0 Å². The molecule has 0 bridgehead atoms. The topological polar surface area (TPSA) is 54.5 Å². The standard InChI is InChI=1S/C14H23N3O2S/c1-3-12(17-7-5-15-6-8-17)14-16-11(10-20-14)9-13(18)19-4-2/h10,12,15H,3-9H2,1-2H3. The zero-order chi connectivity index (χ0) is 14.4. The summed E-state index contributed by atoms with van der Waals surface area (Å²) in [4.78, 5) is 18.6. The molecule has 20 heavy (non-hydrogen) atoms. The van der Waals surface area contributed by atoms with Crippen LogP contribution in [-0.4, -0.2) is 48.6 Å². The highest BCUT2D eigenvalue weighted by Gasteiger charge is 2.23. The summed E-state index contributed by atoms with van der Waals surface area (Å²) in [5, 5.41) is 6.47. The number of carbonyl (C=O) groups is 1. The maximum Gasteiger partial charge on any atom is 0.311 e. The van der Waals surface area contributed by atoms with Crippen LogP contribution in [0.1, 0.15) is 37.0 Å². The van der Waals surface area contributed by atoms with Crippen LogP contribution in [0.5, 0.6) is 0 Å². The molecule has 1 N–H and O–H groups in total. The van der Waals surface area contributed by atoms with Crippen molar-refractivity contribution in [2.45, 2.75) is 32.7 Å². The lowest BCUT2D eigenvalue weighted by molar-refractivity contribution is -0.142. The zero-order valence-corrected chi connectivity index (χ0v) is 13.0. The number of esters is 1. The van der Waals surface area contributed by atoms with Gasteiger partial charge in [0.05, 0.1) is 24.8 Å². The molecule has 1 saturated heterocycles. The number of carbonyl (C=O) groups excluding carboxylic acids is 1. The average Bonchev–Trinajstić information content (AvgIpc) is 2.89. The Labute approximate surface area is 124 Å². The highest BCUT2D eigenvalue weighted by Crippen LogP contribution is 2.27. The minimum atomic E-state index is -0.195. The molecule has 112 valence electrons. The van der Waals surface area contributed by atoms with Gasteiger partial charge in [-0.15, -0.1) is 11.3 Å². The lowest BCUT2D eigenvalue weighted by Crippen LogP contribution is -2.45. The third-order valence-corrected chi connectivity index (χ3v) is 4.46. The fourth-order valence-corrected chi connectivity index (χ4v) is 3.54. The second kappa shape index (κ2) is 7.71. The molecule has 0 aromatic carbocycles. The van der Waals surface area contributed by atoms with Gasteiger partial charge in [-0.3, -0.25) is 9.69 Å². The lowest BCUT2D eigenvalue weighted by atomic mass is 10.2. The molecule has 6 heteroatoms. The normalized spacial score (nSPS) is 17.9. The van der Waals surface area contributed by atoms with Crippen molar-refractivity contribution in [3.8, 4) is 0 Å². The van der Waals surface area contributed by atoms with Gasteiger partial charge < -0.3 is 10.1 Å². The molecule has 1 aromatic rings. The maximum absolute atomic E-state index is 11.5. The summed E-state index contributed by atoms with van der Waals surface area (Å²) >= 11 is 1.65. The first kappa shape index (κ1) is 15.4. The lowest BCUT2D eigenvalue weighted by Gasteiger charge is -2.33. The van der Waals surface area contributed by atoms with E-state index in [2.05, 4.69) is 22.1 Å². The maximum atomic E-state index is 11.5. The average molecular weight is 297 g/mol. The van der Waals surface area contributed by atoms with Gasteiger partial charge in [-0.2, -0.15) is 0 Å². The van der Waals surface area contributed by atoms with Gasteiger partial charge in [-0.05, 0) is 13.3 Å². The number of ether oxygens (including phenoxy) is 1. The van der Waals surface area contributed by atoms with Gasteiger partial charge in [0.1, 0.15) is 5.01 Å². The van der Waals surface area contributed by atoms with Crippen molar-refractivity contribution in [2.75, 3.05) is 32.8 Å². The minimum Gasteiger partial charge on any atom is -0.466 e. The van der Waals surface area contributed by atoms with Crippen molar-refractivity contribution in [3.05, 3.63) is 16.1 Å². The predicted molar refractivity (Wildman–Crippen MR) is 79.9 cm³/mol. The van der Waals surface area contributed by atoms with Crippen LogP contribution in [0.15, 0.2) is 5.38 Å². The summed E-state index contributed by atoms with van der Waals surface area (Å²) in [6.07, 6.45) is 1.33. The van der Waals surface area contributed by atoms with E-state index in [0.29, 0.717) is 12.6 Å². The number of piperazine rings is 1. The molecule has 0 amide bonds. The van der Waals surface area contributed by atoms with E-state index in [1.807, 2.05) is 12.3 Å². The Balaban J connectivity index is 1.99. The largest absolute Gasteiger partial charge is 0.466 e. The fourth-order valence-electron chi connectivity index (χ4n) is 2.50. The van der Waals surface area contributed by atoms with E-state index in [9.17, 15) is 4.79 Å². The van der Waals surface area contributed by atoms with Crippen LogP contribution in [0.25, 0.3) is 0 Å². The summed E-state index contributed by atoms with van der Waals surface area (Å²) in [5.41, 5.74) is 0.831. The van der Waals surface area contributed by atoms with Crippen molar-refractivity contribution < 1.29 is 9.53 Å². The first-order valence-corrected chi connectivity index (χ1v) is 8.17. The Bertz CT molecular complexity index is 430. The van der Waals surface area contributed by atoms with Crippen LogP contribution >= 0.6 is 11.3 Å². The Morgan fingerprint density at radius 2 is 2.25 bits per heavy atom. The molecule has 1 atom stereocenters. The minimum absolute atomic E-state index is 0.195. The van der Waals surface area contributed by atoms with E-state index < -0.39 is 0 Å². The molecule has 2 rings (SSSR count). The van der Waals surface area contributed by atoms with E-state index in [1.165, 1.54) is 0 Å². The Kier molecular flexibility index (Phi) is 5.94. The summed E-state index contributed by atoms with van der Waals surface area (Å²) in [7, 11) is 0. The van der Waals surface area contributed by atoms with Crippen LogP contribution in [0.3, 0.4) is 0 Å². The van der Waals surface area contributed by atoms with Crippen LogP contribution in [0.4, 0.5) is 0 Å². The third kappa shape index (κ3) is 4.01. The monoisotopic (exact) mass is 297 g/mol. The number of nitrogens with zero attached hydrogens (tertiary/aromatic N) is 2. The van der Waals surface area contributed by atoms with Gasteiger partial charge in [0, 0.05) is 31.6 Å². The number of thiazole rings is 1. The molecular weight excluding hydrogens is 274 g/mol. The van der Waals surface area contributed by atoms with E-state index in [1.54, 1.807) is 11.3 Å². The fraction of sp³-hybridized carbons (Fsp3) is 0.714. The molecule has 0 aliphatic carbocycles. The molecular formula is C14H23N3O2S. The van der Waals surface area contributed by atoms with Crippen LogP contribution in [0.2, 0.25) is 0 Å². The first-order chi connectivity index (χ1) is 9.74. The number of rotatable bonds is 6. The molecule has 0 saturated carbocycles. The molecule has 1 fully saturated rings. The van der Waals surface area contributed by atoms with Gasteiger partial charge in [-0.1, -0.05) is 6.92 Å². The van der Waals surface area contributed by atoms with Gasteiger partial charge >= 0.3 is 5.97 Å². The van der Waals surface area contributed by atoms with Gasteiger partial charge in [0.25, 0.3) is 0 Å². The van der Waals surface area contributed by atoms with E-state index in [-0.39, 0.29) is 12.4 Å². The summed E-state index contributed by atoms with van der Waals surface area (Å²) < 4.78 is 4.97. The first-order valence-electron chi connectivity index (χ1n) is 7.29. The van der Waals surface area contributed by atoms with Crippen molar-refractivity contribution in [2.24, 2.45) is 0 Å². The summed E-state index contributed by atoms with van der Waals surface area (Å²) in [6.45, 7) is 8.64. The predicted octanol–water partition coefficient (Wildman–Crippen LogP) is 1.60. The molecule has 5 nitrogen and oxygen atoms in total. The van der Waals surface area contributed by atoms with E-state index >= 15 is 0 Å². The van der Waals surface area contributed by atoms with Crippen LogP contribution < -0.4 is 5.32 Å².